The number of carbonyl (C=O) groups excluding carboxylic acids is 2. The number of aromatic amines is 1. The molecule has 0 bridgehead atoms. The van der Waals surface area contributed by atoms with Gasteiger partial charge >= 0.3 is 6.09 Å². The first-order chi connectivity index (χ1) is 22.6. The number of nitrogens with zero attached hydrogens (tertiary/aromatic N) is 3. The lowest BCUT2D eigenvalue weighted by Gasteiger charge is -2.30. The van der Waals surface area contributed by atoms with E-state index in [0.717, 1.165) is 65.4 Å². The number of rotatable bonds is 8. The monoisotopic (exact) mass is 617 g/mol. The fraction of sp³-hybridized carbons (Fsp3) is 0.333. The maximum atomic E-state index is 13.8. The molecule has 0 saturated carbocycles. The lowest BCUT2D eigenvalue weighted by atomic mass is 9.99. The zero-order valence-electron chi connectivity index (χ0n) is 25.9. The van der Waals surface area contributed by atoms with E-state index in [1.165, 1.54) is 13.5 Å². The van der Waals surface area contributed by atoms with Gasteiger partial charge in [0.15, 0.2) is 0 Å². The van der Waals surface area contributed by atoms with E-state index in [9.17, 15) is 9.59 Å². The second-order valence-corrected chi connectivity index (χ2v) is 12.1. The summed E-state index contributed by atoms with van der Waals surface area (Å²) >= 11 is 0. The first-order valence-corrected chi connectivity index (χ1v) is 16.1. The average molecular weight is 618 g/mol. The topological polar surface area (TPSA) is 124 Å². The van der Waals surface area contributed by atoms with Crippen LogP contribution >= 0.6 is 0 Å². The zero-order valence-corrected chi connectivity index (χ0v) is 25.9. The summed E-state index contributed by atoms with van der Waals surface area (Å²) < 4.78 is 4.82. The number of nitrogens with one attached hydrogen (secondary N) is 4. The van der Waals surface area contributed by atoms with Crippen molar-refractivity contribution in [2.24, 2.45) is 4.99 Å². The second kappa shape index (κ2) is 13.2. The molecule has 0 radical (unpaired) electrons. The number of methoxy groups -OCH3 is 1. The first kappa shape index (κ1) is 29.7. The SMILES string of the molecule is COC(=O)N[C@@H](C(=O)N1CCC[C@H]1C1=NCC(c2ccc(-c3ccc(-c4cnc([C@@H]5CCCN5)[nH]4)cc3)cc2)N1)c1ccccc1. The third-order valence-corrected chi connectivity index (χ3v) is 9.27. The maximum absolute atomic E-state index is 13.8. The molecule has 1 unspecified atom stereocenters. The molecule has 7 rings (SSSR count). The molecule has 4 N–H and O–H groups in total. The lowest BCUT2D eigenvalue weighted by molar-refractivity contribution is -0.133. The Bertz CT molecular complexity index is 1700. The number of amidine groups is 1. The van der Waals surface area contributed by atoms with Gasteiger partial charge in [0.2, 0.25) is 0 Å². The Morgan fingerprint density at radius 2 is 1.65 bits per heavy atom. The molecule has 2 fully saturated rings. The van der Waals surface area contributed by atoms with Crippen molar-refractivity contribution in [3.8, 4) is 22.4 Å². The molecule has 2 saturated heterocycles. The predicted molar refractivity (Wildman–Crippen MR) is 177 cm³/mol. The van der Waals surface area contributed by atoms with E-state index in [4.69, 9.17) is 9.73 Å². The van der Waals surface area contributed by atoms with E-state index < -0.39 is 12.1 Å². The van der Waals surface area contributed by atoms with Crippen LogP contribution in [0.15, 0.2) is 90.1 Å². The highest BCUT2D eigenvalue weighted by atomic mass is 16.5. The Balaban J connectivity index is 0.994. The standard InChI is InChI=1S/C36H39N7O3/c1-46-36(45)42-32(27-7-3-2-4-8-27)35(44)43-20-6-10-31(43)34-39-22-30(41-34)26-17-13-24(14-18-26)23-11-15-25(16-12-23)29-21-38-33(40-29)28-9-5-19-37-28/h2-4,7-8,11-18,21,28,30-32,37H,5-6,9-10,19-20,22H2,1H3,(H,38,40)(H,39,41)(H,42,45)/t28-,30?,31-,32+/m0/s1. The summed E-state index contributed by atoms with van der Waals surface area (Å²) in [4.78, 5) is 40.7. The summed E-state index contributed by atoms with van der Waals surface area (Å²) in [7, 11) is 1.30. The number of ether oxygens (including phenoxy) is 1. The van der Waals surface area contributed by atoms with E-state index in [1.54, 1.807) is 0 Å². The number of aromatic nitrogens is 2. The van der Waals surface area contributed by atoms with Gasteiger partial charge in [-0.15, -0.1) is 0 Å². The van der Waals surface area contributed by atoms with Gasteiger partial charge in [0.25, 0.3) is 5.91 Å². The van der Waals surface area contributed by atoms with Crippen molar-refractivity contribution in [3.05, 3.63) is 102 Å². The maximum Gasteiger partial charge on any atom is 0.407 e. The smallest absolute Gasteiger partial charge is 0.407 e. The van der Waals surface area contributed by atoms with E-state index in [2.05, 4.69) is 74.4 Å². The predicted octanol–water partition coefficient (Wildman–Crippen LogP) is 5.30. The van der Waals surface area contributed by atoms with Crippen LogP contribution < -0.4 is 16.0 Å². The number of likely N-dealkylation sites (tertiary alicyclic amines) is 1. The molecule has 3 aliphatic heterocycles. The third-order valence-electron chi connectivity index (χ3n) is 9.27. The van der Waals surface area contributed by atoms with E-state index in [0.29, 0.717) is 24.7 Å². The fourth-order valence-electron chi connectivity index (χ4n) is 6.77. The van der Waals surface area contributed by atoms with Crippen LogP contribution in [0.1, 0.15) is 60.8 Å². The third kappa shape index (κ3) is 6.12. The molecule has 46 heavy (non-hydrogen) atoms. The number of amides is 2. The number of carbonyl (C=O) groups is 2. The van der Waals surface area contributed by atoms with Crippen LogP contribution in [0, 0.1) is 0 Å². The number of H-pyrrole nitrogens is 1. The Morgan fingerprint density at radius 1 is 0.913 bits per heavy atom. The van der Waals surface area contributed by atoms with Crippen LogP contribution in [-0.4, -0.2) is 65.5 Å². The molecule has 2 amide bonds. The van der Waals surface area contributed by atoms with Crippen molar-refractivity contribution in [1.82, 2.24) is 30.8 Å². The van der Waals surface area contributed by atoms with Crippen LogP contribution in [0.5, 0.6) is 0 Å². The number of alkyl carbamates (subject to hydrolysis) is 1. The normalized spacial score (nSPS) is 21.5. The van der Waals surface area contributed by atoms with Gasteiger partial charge in [-0.3, -0.25) is 9.79 Å². The molecule has 0 aliphatic carbocycles. The highest BCUT2D eigenvalue weighted by Gasteiger charge is 2.39. The van der Waals surface area contributed by atoms with E-state index >= 15 is 0 Å². The molecule has 10 heteroatoms. The summed E-state index contributed by atoms with van der Waals surface area (Å²) in [5.74, 6) is 1.67. The molecule has 10 nitrogen and oxygen atoms in total. The van der Waals surface area contributed by atoms with Gasteiger partial charge in [-0.2, -0.15) is 0 Å². The van der Waals surface area contributed by atoms with Gasteiger partial charge in [0, 0.05) is 6.54 Å². The minimum Gasteiger partial charge on any atom is -0.453 e. The molecule has 3 aromatic carbocycles. The Hall–Kier alpha value is -4.96. The van der Waals surface area contributed by atoms with Crippen LogP contribution in [-0.2, 0) is 9.53 Å². The van der Waals surface area contributed by atoms with Crippen molar-refractivity contribution >= 4 is 17.8 Å². The fourth-order valence-corrected chi connectivity index (χ4v) is 6.77. The molecule has 0 spiro atoms. The number of imidazole rings is 1. The van der Waals surface area contributed by atoms with Crippen molar-refractivity contribution in [2.75, 3.05) is 26.7 Å². The van der Waals surface area contributed by atoms with Crippen molar-refractivity contribution in [3.63, 3.8) is 0 Å². The van der Waals surface area contributed by atoms with Crippen LogP contribution in [0.25, 0.3) is 22.4 Å². The number of aliphatic imine (C=N–C) groups is 1. The number of hydrogen-bond acceptors (Lipinski definition) is 7. The van der Waals surface area contributed by atoms with Crippen molar-refractivity contribution < 1.29 is 14.3 Å². The van der Waals surface area contributed by atoms with Gasteiger partial charge in [0.05, 0.1) is 43.7 Å². The van der Waals surface area contributed by atoms with Gasteiger partial charge < -0.3 is 30.6 Å². The quantitative estimate of drug-likeness (QED) is 0.213. The summed E-state index contributed by atoms with van der Waals surface area (Å²) in [6.45, 7) is 2.26. The average Bonchev–Trinajstić information content (AvgIpc) is 3.94. The van der Waals surface area contributed by atoms with Gasteiger partial charge in [-0.1, -0.05) is 78.9 Å². The zero-order chi connectivity index (χ0) is 31.5. The van der Waals surface area contributed by atoms with Crippen LogP contribution in [0.4, 0.5) is 4.79 Å². The molecule has 4 heterocycles. The van der Waals surface area contributed by atoms with Crippen LogP contribution in [0.3, 0.4) is 0 Å². The molecular weight excluding hydrogens is 578 g/mol. The summed E-state index contributed by atoms with van der Waals surface area (Å²) in [5, 5.41) is 9.82. The molecule has 4 atom stereocenters. The number of hydrogen-bond donors (Lipinski definition) is 4. The van der Waals surface area contributed by atoms with E-state index in [-0.39, 0.29) is 18.0 Å². The minimum absolute atomic E-state index is 0.0334. The number of benzene rings is 3. The molecule has 1 aromatic heterocycles. The Kier molecular flexibility index (Phi) is 8.52. The lowest BCUT2D eigenvalue weighted by Crippen LogP contribution is -2.49. The highest BCUT2D eigenvalue weighted by Crippen LogP contribution is 2.30. The molecule has 3 aliphatic rings. The Labute approximate surface area is 268 Å². The van der Waals surface area contributed by atoms with E-state index in [1.807, 2.05) is 41.4 Å². The van der Waals surface area contributed by atoms with Crippen LogP contribution in [0.2, 0.25) is 0 Å². The van der Waals surface area contributed by atoms with Crippen molar-refractivity contribution in [2.45, 2.75) is 49.9 Å². The van der Waals surface area contributed by atoms with Gasteiger partial charge in [-0.25, -0.2) is 9.78 Å². The minimum atomic E-state index is -0.833. The largest absolute Gasteiger partial charge is 0.453 e. The first-order valence-electron chi connectivity index (χ1n) is 16.1. The van der Waals surface area contributed by atoms with Gasteiger partial charge in [0.1, 0.15) is 17.7 Å². The molecule has 4 aromatic rings. The van der Waals surface area contributed by atoms with Gasteiger partial charge in [-0.05, 0) is 60.0 Å². The molecular formula is C36H39N7O3. The second-order valence-electron chi connectivity index (χ2n) is 12.1. The summed E-state index contributed by atoms with van der Waals surface area (Å²) in [6.07, 6.45) is 5.27. The summed E-state index contributed by atoms with van der Waals surface area (Å²) in [5.41, 5.74) is 6.31. The molecule has 236 valence electrons. The van der Waals surface area contributed by atoms with Crippen molar-refractivity contribution in [1.29, 1.82) is 0 Å². The highest BCUT2D eigenvalue weighted by molar-refractivity contribution is 5.95. The Morgan fingerprint density at radius 3 is 2.37 bits per heavy atom. The summed E-state index contributed by atoms with van der Waals surface area (Å²) in [6, 6.07) is 25.8.